The largest absolute Gasteiger partial charge is 0.306 e. The number of aromatic nitrogens is 3. The Labute approximate surface area is 111 Å². The molecule has 0 fully saturated rings. The minimum Gasteiger partial charge on any atom is -0.306 e. The maximum absolute atomic E-state index is 11.9. The minimum atomic E-state index is -0.230. The van der Waals surface area contributed by atoms with Gasteiger partial charge in [-0.2, -0.15) is 0 Å². The van der Waals surface area contributed by atoms with Gasteiger partial charge in [0.2, 0.25) is 0 Å². The molecule has 0 aromatic carbocycles. The summed E-state index contributed by atoms with van der Waals surface area (Å²) in [5.41, 5.74) is 1.63. The Balaban J connectivity index is 2.19. The average Bonchev–Trinajstić information content (AvgIpc) is 2.70. The number of rotatable bonds is 2. The first-order valence-corrected chi connectivity index (χ1v) is 6.37. The highest BCUT2D eigenvalue weighted by atomic mass is 79.9. The maximum atomic E-state index is 11.9. The van der Waals surface area contributed by atoms with Crippen LogP contribution in [-0.4, -0.2) is 20.5 Å². The van der Waals surface area contributed by atoms with E-state index in [0.29, 0.717) is 16.4 Å². The summed E-state index contributed by atoms with van der Waals surface area (Å²) >= 11 is 4.43. The number of hydrogen-bond donors (Lipinski definition) is 1. The Morgan fingerprint density at radius 1 is 1.47 bits per heavy atom. The summed E-state index contributed by atoms with van der Waals surface area (Å²) in [7, 11) is 0. The second-order valence-corrected chi connectivity index (χ2v) is 5.07. The first kappa shape index (κ1) is 12.1. The highest BCUT2D eigenvalue weighted by Crippen LogP contribution is 2.18. The van der Waals surface area contributed by atoms with Crippen LogP contribution in [0.1, 0.15) is 20.9 Å². The first-order valence-electron chi connectivity index (χ1n) is 4.80. The number of pyridine rings is 1. The smallest absolute Gasteiger partial charge is 0.270 e. The van der Waals surface area contributed by atoms with Gasteiger partial charge in [0.25, 0.3) is 5.91 Å². The molecular weight excluding hydrogens is 304 g/mol. The first-order chi connectivity index (χ1) is 8.08. The van der Waals surface area contributed by atoms with Crippen LogP contribution < -0.4 is 5.32 Å². The van der Waals surface area contributed by atoms with Gasteiger partial charge >= 0.3 is 0 Å². The molecular formula is C10H9BrN4OS. The van der Waals surface area contributed by atoms with Crippen LogP contribution in [0.25, 0.3) is 0 Å². The van der Waals surface area contributed by atoms with E-state index in [2.05, 4.69) is 35.8 Å². The lowest BCUT2D eigenvalue weighted by molar-refractivity contribution is 0.102. The molecule has 5 nitrogen and oxygen atoms in total. The lowest BCUT2D eigenvalue weighted by Crippen LogP contribution is -2.12. The molecule has 0 bridgehead atoms. The van der Waals surface area contributed by atoms with Crippen molar-refractivity contribution in [1.29, 1.82) is 0 Å². The molecule has 88 valence electrons. The number of nitrogens with one attached hydrogen (secondary N) is 1. The van der Waals surface area contributed by atoms with E-state index < -0.39 is 0 Å². The highest BCUT2D eigenvalue weighted by Gasteiger charge is 2.13. The molecule has 0 spiro atoms. The van der Waals surface area contributed by atoms with Crippen LogP contribution in [0.4, 0.5) is 5.82 Å². The van der Waals surface area contributed by atoms with Gasteiger partial charge in [-0.1, -0.05) is 4.49 Å². The molecule has 2 aromatic heterocycles. The zero-order chi connectivity index (χ0) is 12.4. The van der Waals surface area contributed by atoms with Crippen molar-refractivity contribution in [3.63, 3.8) is 0 Å². The number of amides is 1. The van der Waals surface area contributed by atoms with Crippen LogP contribution in [0.15, 0.2) is 16.7 Å². The molecule has 0 atom stereocenters. The van der Waals surface area contributed by atoms with E-state index in [4.69, 9.17) is 0 Å². The molecule has 2 rings (SSSR count). The van der Waals surface area contributed by atoms with Gasteiger partial charge in [-0.3, -0.25) is 4.79 Å². The van der Waals surface area contributed by atoms with Crippen molar-refractivity contribution in [3.8, 4) is 0 Å². The summed E-state index contributed by atoms with van der Waals surface area (Å²) in [5.74, 6) is 0.287. The van der Waals surface area contributed by atoms with Gasteiger partial charge < -0.3 is 5.32 Å². The third kappa shape index (κ3) is 2.67. The summed E-state index contributed by atoms with van der Waals surface area (Å²) < 4.78 is 4.63. The summed E-state index contributed by atoms with van der Waals surface area (Å²) in [6.45, 7) is 3.68. The van der Waals surface area contributed by atoms with Crippen molar-refractivity contribution >= 4 is 39.2 Å². The fourth-order valence-corrected chi connectivity index (χ4v) is 1.99. The van der Waals surface area contributed by atoms with E-state index in [1.165, 1.54) is 0 Å². The van der Waals surface area contributed by atoms with Crippen LogP contribution in [0.5, 0.6) is 0 Å². The van der Waals surface area contributed by atoms with E-state index in [-0.39, 0.29) is 5.91 Å². The average molecular weight is 313 g/mol. The van der Waals surface area contributed by atoms with Gasteiger partial charge in [-0.15, -0.1) is 5.10 Å². The second kappa shape index (κ2) is 4.89. The summed E-state index contributed by atoms with van der Waals surface area (Å²) in [5, 5.41) is 6.50. The zero-order valence-corrected chi connectivity index (χ0v) is 11.6. The quantitative estimate of drug-likeness (QED) is 0.925. The molecule has 0 saturated carbocycles. The number of carbonyl (C=O) groups excluding carboxylic acids is 1. The molecule has 17 heavy (non-hydrogen) atoms. The third-order valence-corrected chi connectivity index (χ3v) is 3.80. The Kier molecular flexibility index (Phi) is 3.49. The predicted molar refractivity (Wildman–Crippen MR) is 69.3 cm³/mol. The van der Waals surface area contributed by atoms with Gasteiger partial charge in [0.05, 0.1) is 5.69 Å². The van der Waals surface area contributed by atoms with Crippen molar-refractivity contribution in [2.24, 2.45) is 0 Å². The van der Waals surface area contributed by atoms with Crippen molar-refractivity contribution in [1.82, 2.24) is 14.6 Å². The van der Waals surface area contributed by atoms with Crippen LogP contribution in [0, 0.1) is 13.8 Å². The van der Waals surface area contributed by atoms with E-state index >= 15 is 0 Å². The molecule has 1 N–H and O–H groups in total. The van der Waals surface area contributed by atoms with Crippen LogP contribution >= 0.6 is 27.5 Å². The number of nitrogens with zero attached hydrogens (tertiary/aromatic N) is 3. The fraction of sp³-hybridized carbons (Fsp3) is 0.200. The molecule has 0 aliphatic carbocycles. The fourth-order valence-electron chi connectivity index (χ4n) is 1.22. The van der Waals surface area contributed by atoms with Gasteiger partial charge in [-0.25, -0.2) is 4.98 Å². The predicted octanol–water partition coefficient (Wildman–Crippen LogP) is 2.56. The Hall–Kier alpha value is -1.34. The summed E-state index contributed by atoms with van der Waals surface area (Å²) in [6, 6.07) is 1.80. The molecule has 1 amide bonds. The van der Waals surface area contributed by atoms with Crippen LogP contribution in [-0.2, 0) is 0 Å². The number of carbonyl (C=O) groups is 1. The molecule has 0 aliphatic rings. The van der Waals surface area contributed by atoms with E-state index in [1.807, 2.05) is 6.92 Å². The SMILES string of the molecule is Cc1cc(NC(=O)c2snnc2C)ncc1Br. The molecule has 0 radical (unpaired) electrons. The van der Waals surface area contributed by atoms with Gasteiger partial charge in [0, 0.05) is 10.7 Å². The lowest BCUT2D eigenvalue weighted by Gasteiger charge is -2.04. The monoisotopic (exact) mass is 312 g/mol. The topological polar surface area (TPSA) is 67.8 Å². The van der Waals surface area contributed by atoms with E-state index in [0.717, 1.165) is 21.6 Å². The van der Waals surface area contributed by atoms with Crippen molar-refractivity contribution in [2.45, 2.75) is 13.8 Å². The molecule has 2 heterocycles. The van der Waals surface area contributed by atoms with Crippen molar-refractivity contribution < 1.29 is 4.79 Å². The summed E-state index contributed by atoms with van der Waals surface area (Å²) in [4.78, 5) is 16.5. The highest BCUT2D eigenvalue weighted by molar-refractivity contribution is 9.10. The van der Waals surface area contributed by atoms with E-state index in [1.54, 1.807) is 19.2 Å². The molecule has 0 unspecified atom stereocenters. The van der Waals surface area contributed by atoms with E-state index in [9.17, 15) is 4.79 Å². The van der Waals surface area contributed by atoms with Crippen molar-refractivity contribution in [3.05, 3.63) is 32.9 Å². The standard InChI is InChI=1S/C10H9BrN4OS/c1-5-3-8(12-4-7(5)11)13-10(16)9-6(2)14-15-17-9/h3-4H,1-2H3,(H,12,13,16). The number of halogens is 1. The maximum Gasteiger partial charge on any atom is 0.270 e. The number of hydrogen-bond acceptors (Lipinski definition) is 5. The Morgan fingerprint density at radius 3 is 2.82 bits per heavy atom. The van der Waals surface area contributed by atoms with Crippen molar-refractivity contribution in [2.75, 3.05) is 5.32 Å². The molecule has 0 saturated heterocycles. The Morgan fingerprint density at radius 2 is 2.24 bits per heavy atom. The number of anilines is 1. The molecule has 0 aliphatic heterocycles. The van der Waals surface area contributed by atoms with Crippen LogP contribution in [0.2, 0.25) is 0 Å². The lowest BCUT2D eigenvalue weighted by atomic mass is 10.3. The number of aryl methyl sites for hydroxylation is 2. The third-order valence-electron chi connectivity index (χ3n) is 2.15. The minimum absolute atomic E-state index is 0.230. The van der Waals surface area contributed by atoms with Gasteiger partial charge in [0.15, 0.2) is 0 Å². The second-order valence-electron chi connectivity index (χ2n) is 3.46. The van der Waals surface area contributed by atoms with Crippen LogP contribution in [0.3, 0.4) is 0 Å². The molecule has 7 heteroatoms. The van der Waals surface area contributed by atoms with Gasteiger partial charge in [0.1, 0.15) is 10.7 Å². The normalized spacial score (nSPS) is 10.3. The Bertz CT molecular complexity index is 569. The molecule has 2 aromatic rings. The summed E-state index contributed by atoms with van der Waals surface area (Å²) in [6.07, 6.45) is 1.66. The van der Waals surface area contributed by atoms with Gasteiger partial charge in [-0.05, 0) is 52.9 Å². The zero-order valence-electron chi connectivity index (χ0n) is 9.19.